The standard InChI is InChI=1S/C11H9Cl2N/c12-10-4-3-8(5-11(10)13)9(6-14)7-1-2-7/h3-5,7,9H,1-2H2. The highest BCUT2D eigenvalue weighted by molar-refractivity contribution is 6.42. The molecule has 14 heavy (non-hydrogen) atoms. The van der Waals surface area contributed by atoms with Crippen LogP contribution < -0.4 is 0 Å². The summed E-state index contributed by atoms with van der Waals surface area (Å²) in [5.74, 6) is 0.516. The Bertz CT molecular complexity index is 391. The van der Waals surface area contributed by atoms with Crippen molar-refractivity contribution in [2.45, 2.75) is 18.8 Å². The van der Waals surface area contributed by atoms with Gasteiger partial charge in [0.25, 0.3) is 0 Å². The van der Waals surface area contributed by atoms with Crippen LogP contribution in [-0.4, -0.2) is 0 Å². The number of nitrogens with zero attached hydrogens (tertiary/aromatic N) is 1. The van der Waals surface area contributed by atoms with Crippen molar-refractivity contribution in [2.75, 3.05) is 0 Å². The summed E-state index contributed by atoms with van der Waals surface area (Å²) in [7, 11) is 0. The van der Waals surface area contributed by atoms with Crippen LogP contribution in [0.1, 0.15) is 24.3 Å². The lowest BCUT2D eigenvalue weighted by atomic mass is 9.96. The number of halogens is 2. The maximum Gasteiger partial charge on any atom is 0.0741 e. The molecule has 1 aromatic rings. The van der Waals surface area contributed by atoms with Gasteiger partial charge in [0.2, 0.25) is 0 Å². The first-order chi connectivity index (χ1) is 6.72. The molecule has 1 unspecified atom stereocenters. The molecule has 1 fully saturated rings. The zero-order valence-corrected chi connectivity index (χ0v) is 9.02. The average molecular weight is 226 g/mol. The van der Waals surface area contributed by atoms with E-state index in [9.17, 15) is 0 Å². The predicted octanol–water partition coefficient (Wildman–Crippen LogP) is 4.01. The summed E-state index contributed by atoms with van der Waals surface area (Å²) < 4.78 is 0. The van der Waals surface area contributed by atoms with Gasteiger partial charge in [-0.1, -0.05) is 29.3 Å². The van der Waals surface area contributed by atoms with Crippen LogP contribution in [-0.2, 0) is 0 Å². The second-order valence-corrected chi connectivity index (χ2v) is 4.43. The third-order valence-electron chi connectivity index (χ3n) is 2.54. The zero-order chi connectivity index (χ0) is 10.1. The van der Waals surface area contributed by atoms with Crippen LogP contribution in [0.25, 0.3) is 0 Å². The fourth-order valence-corrected chi connectivity index (χ4v) is 1.89. The topological polar surface area (TPSA) is 23.8 Å². The van der Waals surface area contributed by atoms with Crippen molar-refractivity contribution >= 4 is 23.2 Å². The highest BCUT2D eigenvalue weighted by Crippen LogP contribution is 2.43. The van der Waals surface area contributed by atoms with Crippen molar-refractivity contribution in [1.82, 2.24) is 0 Å². The summed E-state index contributed by atoms with van der Waals surface area (Å²) >= 11 is 11.7. The highest BCUT2D eigenvalue weighted by atomic mass is 35.5. The first-order valence-electron chi connectivity index (χ1n) is 4.57. The Morgan fingerprint density at radius 3 is 2.50 bits per heavy atom. The lowest BCUT2D eigenvalue weighted by Gasteiger charge is -2.08. The highest BCUT2D eigenvalue weighted by Gasteiger charge is 2.32. The normalized spacial score (nSPS) is 17.5. The van der Waals surface area contributed by atoms with E-state index in [1.54, 1.807) is 12.1 Å². The van der Waals surface area contributed by atoms with Crippen LogP contribution in [0.3, 0.4) is 0 Å². The van der Waals surface area contributed by atoms with Crippen molar-refractivity contribution in [3.05, 3.63) is 33.8 Å². The molecule has 0 saturated heterocycles. The molecule has 0 spiro atoms. The molecule has 1 aromatic carbocycles. The Balaban J connectivity index is 2.31. The largest absolute Gasteiger partial charge is 0.198 e. The summed E-state index contributed by atoms with van der Waals surface area (Å²) in [6, 6.07) is 7.77. The number of hydrogen-bond donors (Lipinski definition) is 0. The van der Waals surface area contributed by atoms with Crippen LogP contribution in [0, 0.1) is 17.2 Å². The third kappa shape index (κ3) is 1.87. The van der Waals surface area contributed by atoms with E-state index < -0.39 is 0 Å². The summed E-state index contributed by atoms with van der Waals surface area (Å²) in [5, 5.41) is 10.1. The van der Waals surface area contributed by atoms with Crippen LogP contribution in [0.4, 0.5) is 0 Å². The van der Waals surface area contributed by atoms with Gasteiger partial charge >= 0.3 is 0 Å². The van der Waals surface area contributed by atoms with E-state index in [0.29, 0.717) is 16.0 Å². The quantitative estimate of drug-likeness (QED) is 0.747. The van der Waals surface area contributed by atoms with E-state index in [4.69, 9.17) is 28.5 Å². The number of nitriles is 1. The van der Waals surface area contributed by atoms with E-state index in [2.05, 4.69) is 6.07 Å². The second kappa shape index (κ2) is 3.81. The van der Waals surface area contributed by atoms with Gasteiger partial charge < -0.3 is 0 Å². The molecule has 1 nitrogen and oxygen atoms in total. The molecule has 2 rings (SSSR count). The maximum atomic E-state index is 9.02. The fourth-order valence-electron chi connectivity index (χ4n) is 1.59. The molecule has 1 atom stereocenters. The van der Waals surface area contributed by atoms with Crippen LogP contribution in [0.2, 0.25) is 10.0 Å². The predicted molar refractivity (Wildman–Crippen MR) is 57.5 cm³/mol. The summed E-state index contributed by atoms with van der Waals surface area (Å²) in [6.07, 6.45) is 2.30. The van der Waals surface area contributed by atoms with Crippen LogP contribution in [0.5, 0.6) is 0 Å². The van der Waals surface area contributed by atoms with E-state index >= 15 is 0 Å². The Hall–Kier alpha value is -0.710. The molecule has 1 saturated carbocycles. The van der Waals surface area contributed by atoms with Gasteiger partial charge in [-0.3, -0.25) is 0 Å². The molecule has 1 aliphatic rings. The Kier molecular flexibility index (Phi) is 2.67. The molecular weight excluding hydrogens is 217 g/mol. The zero-order valence-electron chi connectivity index (χ0n) is 7.50. The first kappa shape index (κ1) is 9.83. The van der Waals surface area contributed by atoms with Gasteiger partial charge in [-0.05, 0) is 36.5 Å². The van der Waals surface area contributed by atoms with Crippen LogP contribution in [0.15, 0.2) is 18.2 Å². The van der Waals surface area contributed by atoms with E-state index in [0.717, 1.165) is 18.4 Å². The van der Waals surface area contributed by atoms with Crippen molar-refractivity contribution < 1.29 is 0 Å². The molecule has 0 bridgehead atoms. The number of hydrogen-bond acceptors (Lipinski definition) is 1. The van der Waals surface area contributed by atoms with Crippen molar-refractivity contribution in [3.8, 4) is 6.07 Å². The smallest absolute Gasteiger partial charge is 0.0741 e. The van der Waals surface area contributed by atoms with Crippen molar-refractivity contribution in [3.63, 3.8) is 0 Å². The second-order valence-electron chi connectivity index (χ2n) is 3.62. The van der Waals surface area contributed by atoms with Gasteiger partial charge in [0.1, 0.15) is 0 Å². The maximum absolute atomic E-state index is 9.02. The van der Waals surface area contributed by atoms with Crippen molar-refractivity contribution in [2.24, 2.45) is 5.92 Å². The molecular formula is C11H9Cl2N. The van der Waals surface area contributed by atoms with Gasteiger partial charge in [-0.15, -0.1) is 0 Å². The number of benzene rings is 1. The molecule has 0 radical (unpaired) electrons. The summed E-state index contributed by atoms with van der Waals surface area (Å²) in [6.45, 7) is 0. The fraction of sp³-hybridized carbons (Fsp3) is 0.364. The average Bonchev–Trinajstić information content (AvgIpc) is 2.96. The minimum Gasteiger partial charge on any atom is -0.198 e. The summed E-state index contributed by atoms with van der Waals surface area (Å²) in [4.78, 5) is 0. The Morgan fingerprint density at radius 1 is 1.29 bits per heavy atom. The molecule has 0 N–H and O–H groups in total. The molecule has 3 heteroatoms. The van der Waals surface area contributed by atoms with E-state index in [-0.39, 0.29) is 5.92 Å². The summed E-state index contributed by atoms with van der Waals surface area (Å²) in [5.41, 5.74) is 0.990. The molecule has 72 valence electrons. The van der Waals surface area contributed by atoms with E-state index in [1.807, 2.05) is 6.07 Å². The van der Waals surface area contributed by atoms with Crippen molar-refractivity contribution in [1.29, 1.82) is 5.26 Å². The van der Waals surface area contributed by atoms with Crippen LogP contribution >= 0.6 is 23.2 Å². The number of rotatable bonds is 2. The Morgan fingerprint density at radius 2 is 2.00 bits per heavy atom. The van der Waals surface area contributed by atoms with Gasteiger partial charge in [-0.2, -0.15) is 5.26 Å². The molecule has 1 aliphatic carbocycles. The van der Waals surface area contributed by atoms with Gasteiger partial charge in [-0.25, -0.2) is 0 Å². The van der Waals surface area contributed by atoms with Gasteiger partial charge in [0.05, 0.1) is 22.0 Å². The van der Waals surface area contributed by atoms with E-state index in [1.165, 1.54) is 0 Å². The third-order valence-corrected chi connectivity index (χ3v) is 3.27. The molecule has 0 amide bonds. The Labute approximate surface area is 93.2 Å². The lowest BCUT2D eigenvalue weighted by Crippen LogP contribution is -1.97. The molecule has 0 aromatic heterocycles. The first-order valence-corrected chi connectivity index (χ1v) is 5.32. The monoisotopic (exact) mass is 225 g/mol. The molecule has 0 heterocycles. The lowest BCUT2D eigenvalue weighted by molar-refractivity contribution is 0.740. The SMILES string of the molecule is N#CC(c1ccc(Cl)c(Cl)c1)C1CC1. The molecule has 0 aliphatic heterocycles. The minimum absolute atomic E-state index is 0.00948. The minimum atomic E-state index is -0.00948. The van der Waals surface area contributed by atoms with Gasteiger partial charge in [0.15, 0.2) is 0 Å². The van der Waals surface area contributed by atoms with Gasteiger partial charge in [0, 0.05) is 0 Å².